The fraction of sp³-hybridized carbons (Fsp3) is 0.286. The van der Waals surface area contributed by atoms with E-state index in [0.29, 0.717) is 22.0 Å². The van der Waals surface area contributed by atoms with Crippen molar-refractivity contribution in [3.8, 4) is 0 Å². The molecule has 2 atom stereocenters. The molecule has 4 amide bonds. The zero-order valence-corrected chi connectivity index (χ0v) is 18.1. The maximum Gasteiger partial charge on any atom is 0.344 e. The first-order valence-electron chi connectivity index (χ1n) is 9.48. The highest BCUT2D eigenvalue weighted by molar-refractivity contribution is 6.35. The number of nitrogens with zero attached hydrogens (tertiary/aromatic N) is 1. The van der Waals surface area contributed by atoms with Crippen LogP contribution in [-0.2, 0) is 15.1 Å². The Kier molecular flexibility index (Phi) is 6.65. The van der Waals surface area contributed by atoms with Gasteiger partial charge in [0.2, 0.25) is 0 Å². The first-order chi connectivity index (χ1) is 14.3. The topological polar surface area (TPSA) is 90.5 Å². The normalized spacial score (nSPS) is 19.5. The van der Waals surface area contributed by atoms with Crippen molar-refractivity contribution in [1.82, 2.24) is 21.1 Å². The molecule has 0 unspecified atom stereocenters. The summed E-state index contributed by atoms with van der Waals surface area (Å²) in [5.41, 5.74) is 2.61. The molecule has 30 heavy (non-hydrogen) atoms. The van der Waals surface area contributed by atoms with Crippen molar-refractivity contribution in [2.45, 2.75) is 31.8 Å². The fourth-order valence-electron chi connectivity index (χ4n) is 3.41. The third-order valence-electron chi connectivity index (χ3n) is 5.12. The number of urea groups is 1. The van der Waals surface area contributed by atoms with Gasteiger partial charge in [-0.2, -0.15) is 5.01 Å². The molecule has 0 aromatic heterocycles. The van der Waals surface area contributed by atoms with Gasteiger partial charge in [0, 0.05) is 16.1 Å². The lowest BCUT2D eigenvalue weighted by molar-refractivity contribution is -0.139. The molecule has 0 bridgehead atoms. The highest BCUT2D eigenvalue weighted by Crippen LogP contribution is 2.31. The lowest BCUT2D eigenvalue weighted by Crippen LogP contribution is -2.50. The number of carbonyl (C=O) groups excluding carboxylic acids is 3. The summed E-state index contributed by atoms with van der Waals surface area (Å²) in [6.07, 6.45) is 0.346. The van der Waals surface area contributed by atoms with Gasteiger partial charge in [-0.3, -0.25) is 15.0 Å². The summed E-state index contributed by atoms with van der Waals surface area (Å²) in [7, 11) is 0. The first-order valence-corrected chi connectivity index (χ1v) is 10.2. The quantitative estimate of drug-likeness (QED) is 0.565. The molecular weight excluding hydrogens is 427 g/mol. The van der Waals surface area contributed by atoms with Crippen LogP contribution in [0.4, 0.5) is 4.79 Å². The Morgan fingerprint density at radius 1 is 1.17 bits per heavy atom. The Hall–Kier alpha value is -2.61. The second-order valence-corrected chi connectivity index (χ2v) is 7.84. The summed E-state index contributed by atoms with van der Waals surface area (Å²) in [5, 5.41) is 7.47. The summed E-state index contributed by atoms with van der Waals surface area (Å²) in [6.45, 7) is 3.52. The minimum atomic E-state index is -1.21. The molecule has 3 rings (SSSR count). The highest BCUT2D eigenvalue weighted by Gasteiger charge is 2.52. The third kappa shape index (κ3) is 4.28. The van der Waals surface area contributed by atoms with E-state index >= 15 is 0 Å². The van der Waals surface area contributed by atoms with Crippen LogP contribution in [0, 0.1) is 0 Å². The maximum atomic E-state index is 13.0. The number of imide groups is 1. The van der Waals surface area contributed by atoms with Crippen molar-refractivity contribution < 1.29 is 14.4 Å². The van der Waals surface area contributed by atoms with Crippen molar-refractivity contribution in [2.75, 3.05) is 6.54 Å². The van der Waals surface area contributed by atoms with Crippen molar-refractivity contribution in [2.24, 2.45) is 0 Å². The van der Waals surface area contributed by atoms with Gasteiger partial charge in [0.05, 0.1) is 6.54 Å². The van der Waals surface area contributed by atoms with Crippen LogP contribution in [-0.4, -0.2) is 29.4 Å². The van der Waals surface area contributed by atoms with E-state index in [0.717, 1.165) is 10.6 Å². The summed E-state index contributed by atoms with van der Waals surface area (Å²) < 4.78 is 0. The summed E-state index contributed by atoms with van der Waals surface area (Å²) in [5.74, 6) is -1.06. The monoisotopic (exact) mass is 448 g/mol. The molecule has 0 radical (unpaired) electrons. The number of hydrogen-bond acceptors (Lipinski definition) is 4. The Bertz CT molecular complexity index is 970. The van der Waals surface area contributed by atoms with Gasteiger partial charge in [0.15, 0.2) is 0 Å². The van der Waals surface area contributed by atoms with Crippen molar-refractivity contribution in [1.29, 1.82) is 0 Å². The lowest BCUT2D eigenvalue weighted by Gasteiger charge is -2.25. The molecule has 1 heterocycles. The van der Waals surface area contributed by atoms with Crippen molar-refractivity contribution in [3.05, 3.63) is 69.7 Å². The molecule has 9 heteroatoms. The number of halogens is 2. The van der Waals surface area contributed by atoms with Gasteiger partial charge in [0.1, 0.15) is 5.54 Å². The van der Waals surface area contributed by atoms with Crippen LogP contribution in [0.2, 0.25) is 10.0 Å². The number of carbonyl (C=O) groups is 3. The van der Waals surface area contributed by atoms with Gasteiger partial charge in [-0.25, -0.2) is 4.79 Å². The molecule has 1 aliphatic heterocycles. The molecular formula is C21H22Cl2N4O3. The third-order valence-corrected chi connectivity index (χ3v) is 5.69. The Balaban J connectivity index is 1.65. The summed E-state index contributed by atoms with van der Waals surface area (Å²) in [6, 6.07) is 13.1. The molecule has 1 aliphatic rings. The van der Waals surface area contributed by atoms with E-state index in [9.17, 15) is 14.4 Å². The SMILES string of the molecule is CC[C@]1(c2ccccc2)NC(=O)N(NC(=O)CN[C@H](C)c2ccc(Cl)cc2Cl)C1=O. The smallest absolute Gasteiger partial charge is 0.318 e. The second-order valence-electron chi connectivity index (χ2n) is 7.00. The van der Waals surface area contributed by atoms with Crippen molar-refractivity contribution >= 4 is 41.0 Å². The van der Waals surface area contributed by atoms with Crippen molar-refractivity contribution in [3.63, 3.8) is 0 Å². The number of benzene rings is 2. The van der Waals surface area contributed by atoms with Crippen LogP contribution in [0.3, 0.4) is 0 Å². The number of nitrogens with one attached hydrogen (secondary N) is 3. The van der Waals surface area contributed by atoms with Gasteiger partial charge in [-0.05, 0) is 36.6 Å². The molecule has 7 nitrogen and oxygen atoms in total. The van der Waals surface area contributed by atoms with E-state index in [4.69, 9.17) is 23.2 Å². The molecule has 2 aromatic carbocycles. The zero-order valence-electron chi connectivity index (χ0n) is 16.5. The van der Waals surface area contributed by atoms with Gasteiger partial charge in [-0.15, -0.1) is 0 Å². The van der Waals surface area contributed by atoms with Gasteiger partial charge < -0.3 is 10.6 Å². The van der Waals surface area contributed by atoms with E-state index in [-0.39, 0.29) is 12.6 Å². The average molecular weight is 449 g/mol. The average Bonchev–Trinajstić information content (AvgIpc) is 2.97. The molecule has 1 fully saturated rings. The molecule has 0 saturated carbocycles. The minimum Gasteiger partial charge on any atom is -0.318 e. The predicted molar refractivity (Wildman–Crippen MR) is 115 cm³/mol. The molecule has 0 spiro atoms. The predicted octanol–water partition coefficient (Wildman–Crippen LogP) is 3.53. The van der Waals surface area contributed by atoms with Crippen LogP contribution in [0.1, 0.15) is 37.4 Å². The Morgan fingerprint density at radius 3 is 2.50 bits per heavy atom. The van der Waals surface area contributed by atoms with Crippen LogP contribution in [0.5, 0.6) is 0 Å². The Morgan fingerprint density at radius 2 is 1.87 bits per heavy atom. The molecule has 3 N–H and O–H groups in total. The van der Waals surface area contributed by atoms with Crippen LogP contribution < -0.4 is 16.1 Å². The number of rotatable bonds is 7. The largest absolute Gasteiger partial charge is 0.344 e. The molecule has 158 valence electrons. The summed E-state index contributed by atoms with van der Waals surface area (Å²) in [4.78, 5) is 37.9. The van der Waals surface area contributed by atoms with E-state index < -0.39 is 23.4 Å². The fourth-order valence-corrected chi connectivity index (χ4v) is 3.98. The standard InChI is InChI=1S/C21H22Cl2N4O3/c1-3-21(14-7-5-4-6-8-14)19(29)27(20(30)25-21)26-18(28)12-24-13(2)16-10-9-15(22)11-17(16)23/h4-11,13,24H,3,12H2,1-2H3,(H,25,30)(H,26,28)/t13-,21-/m1/s1. The number of amides is 4. The molecule has 2 aromatic rings. The maximum absolute atomic E-state index is 13.0. The van der Waals surface area contributed by atoms with Gasteiger partial charge >= 0.3 is 6.03 Å². The van der Waals surface area contributed by atoms with Crippen LogP contribution >= 0.6 is 23.2 Å². The minimum absolute atomic E-state index is 0.123. The number of hydrogen-bond donors (Lipinski definition) is 3. The highest BCUT2D eigenvalue weighted by atomic mass is 35.5. The molecule has 1 saturated heterocycles. The number of hydrazine groups is 1. The molecule has 0 aliphatic carbocycles. The second kappa shape index (κ2) is 9.04. The van der Waals surface area contributed by atoms with E-state index in [1.54, 1.807) is 49.4 Å². The first kappa shape index (κ1) is 22.1. The van der Waals surface area contributed by atoms with Crippen LogP contribution in [0.25, 0.3) is 0 Å². The van der Waals surface area contributed by atoms with Crippen LogP contribution in [0.15, 0.2) is 48.5 Å². The zero-order chi connectivity index (χ0) is 21.9. The Labute approximate surface area is 184 Å². The summed E-state index contributed by atoms with van der Waals surface area (Å²) >= 11 is 12.1. The van der Waals surface area contributed by atoms with E-state index in [1.165, 1.54) is 0 Å². The van der Waals surface area contributed by atoms with E-state index in [2.05, 4.69) is 16.1 Å². The van der Waals surface area contributed by atoms with E-state index in [1.807, 2.05) is 13.0 Å². The van der Waals surface area contributed by atoms with Gasteiger partial charge in [0.25, 0.3) is 11.8 Å². The lowest BCUT2D eigenvalue weighted by atomic mass is 9.87. The van der Waals surface area contributed by atoms with Gasteiger partial charge in [-0.1, -0.05) is 66.5 Å².